The molecular weight excluding hydrogens is 264 g/mol. The van der Waals surface area contributed by atoms with Crippen molar-refractivity contribution in [3.05, 3.63) is 59.8 Å². The molecule has 0 saturated carbocycles. The number of aryl methyl sites for hydroxylation is 1. The first-order valence-electron chi connectivity index (χ1n) is 7.04. The molecule has 0 atom stereocenters. The summed E-state index contributed by atoms with van der Waals surface area (Å²) < 4.78 is 4.58. The highest BCUT2D eigenvalue weighted by Gasteiger charge is 2.09. The third-order valence-corrected chi connectivity index (χ3v) is 3.29. The molecule has 0 aliphatic rings. The molecule has 0 spiro atoms. The Balaban J connectivity index is 3.10. The Morgan fingerprint density at radius 2 is 2.00 bits per heavy atom. The van der Waals surface area contributed by atoms with Gasteiger partial charge in [0.15, 0.2) is 0 Å². The number of allylic oxidation sites excluding steroid dienone is 3. The van der Waals surface area contributed by atoms with E-state index < -0.39 is 0 Å². The molecule has 0 bridgehead atoms. The Bertz CT molecular complexity index is 472. The van der Waals surface area contributed by atoms with Crippen LogP contribution in [0.3, 0.4) is 0 Å². The lowest BCUT2D eigenvalue weighted by molar-refractivity contribution is 0.792. The van der Waals surface area contributed by atoms with Crippen LogP contribution in [0.2, 0.25) is 0 Å². The first-order valence-corrected chi connectivity index (χ1v) is 8.22. The van der Waals surface area contributed by atoms with Crippen molar-refractivity contribution in [3.63, 3.8) is 0 Å². The fourth-order valence-corrected chi connectivity index (χ4v) is 2.23. The van der Waals surface area contributed by atoms with E-state index in [0.717, 1.165) is 36.4 Å². The first kappa shape index (κ1) is 16.6. The lowest BCUT2D eigenvalue weighted by atomic mass is 10.0. The molecule has 0 heterocycles. The topological polar surface area (TPSA) is 24.4 Å². The molecule has 0 aliphatic carbocycles. The largest absolute Gasteiger partial charge is 0.383 e. The van der Waals surface area contributed by atoms with E-state index in [1.54, 1.807) is 6.08 Å². The molecule has 108 valence electrons. The van der Waals surface area contributed by atoms with E-state index in [9.17, 15) is 0 Å². The Kier molecular flexibility index (Phi) is 7.81. The quantitative estimate of drug-likeness (QED) is 0.436. The monoisotopic (exact) mass is 288 g/mol. The molecule has 0 unspecified atom stereocenters. The van der Waals surface area contributed by atoms with E-state index >= 15 is 0 Å². The number of nitrogens with zero attached hydrogens (tertiary/aromatic N) is 1. The van der Waals surface area contributed by atoms with Crippen LogP contribution in [0.15, 0.2) is 53.1 Å². The standard InChI is InChI=1S/C17H24N2S/c1-5-8-16(18-13-6-2)17(19-20-4)15-11-9-14(7-3)10-12-15/h5,8-12,18H,1,6-7,13H2,2-4H3/b16-8-,19-17?. The maximum absolute atomic E-state index is 4.58. The molecule has 1 aromatic carbocycles. The van der Waals surface area contributed by atoms with Gasteiger partial charge < -0.3 is 5.32 Å². The minimum Gasteiger partial charge on any atom is -0.383 e. The van der Waals surface area contributed by atoms with Gasteiger partial charge in [-0.3, -0.25) is 0 Å². The van der Waals surface area contributed by atoms with Gasteiger partial charge in [0.25, 0.3) is 0 Å². The minimum absolute atomic E-state index is 0.931. The van der Waals surface area contributed by atoms with Crippen LogP contribution in [-0.2, 0) is 6.42 Å². The van der Waals surface area contributed by atoms with Gasteiger partial charge in [0.05, 0.1) is 5.70 Å². The van der Waals surface area contributed by atoms with Gasteiger partial charge in [-0.1, -0.05) is 50.8 Å². The first-order chi connectivity index (χ1) is 9.76. The zero-order valence-corrected chi connectivity index (χ0v) is 13.5. The third-order valence-electron chi connectivity index (χ3n) is 2.92. The molecule has 3 heteroatoms. The lowest BCUT2D eigenvalue weighted by Crippen LogP contribution is -2.22. The molecule has 0 aliphatic heterocycles. The Morgan fingerprint density at radius 1 is 1.30 bits per heavy atom. The minimum atomic E-state index is 0.931. The average molecular weight is 288 g/mol. The van der Waals surface area contributed by atoms with E-state index in [4.69, 9.17) is 0 Å². The van der Waals surface area contributed by atoms with Gasteiger partial charge in [0.1, 0.15) is 5.71 Å². The number of benzene rings is 1. The van der Waals surface area contributed by atoms with Gasteiger partial charge in [0.2, 0.25) is 0 Å². The van der Waals surface area contributed by atoms with Crippen molar-refractivity contribution in [2.24, 2.45) is 4.40 Å². The summed E-state index contributed by atoms with van der Waals surface area (Å²) in [5.41, 5.74) is 4.48. The van der Waals surface area contributed by atoms with Crippen molar-refractivity contribution in [1.82, 2.24) is 5.32 Å². The predicted octanol–water partition coefficient (Wildman–Crippen LogP) is 4.39. The summed E-state index contributed by atoms with van der Waals surface area (Å²) in [7, 11) is 0. The van der Waals surface area contributed by atoms with Crippen molar-refractivity contribution in [3.8, 4) is 0 Å². The lowest BCUT2D eigenvalue weighted by Gasteiger charge is -2.13. The van der Waals surface area contributed by atoms with Gasteiger partial charge >= 0.3 is 0 Å². The number of hydrogen-bond donors (Lipinski definition) is 1. The van der Waals surface area contributed by atoms with E-state index in [-0.39, 0.29) is 0 Å². The molecule has 0 aromatic heterocycles. The van der Waals surface area contributed by atoms with Gasteiger partial charge in [-0.05, 0) is 36.4 Å². The predicted molar refractivity (Wildman–Crippen MR) is 92.4 cm³/mol. The second-order valence-electron chi connectivity index (χ2n) is 4.42. The van der Waals surface area contributed by atoms with Crippen LogP contribution < -0.4 is 5.32 Å². The summed E-state index contributed by atoms with van der Waals surface area (Å²) in [5.74, 6) is 0. The van der Waals surface area contributed by atoms with Gasteiger partial charge in [0, 0.05) is 18.4 Å². The molecule has 0 fully saturated rings. The number of hydrogen-bond acceptors (Lipinski definition) is 3. The van der Waals surface area contributed by atoms with Crippen LogP contribution in [0.25, 0.3) is 0 Å². The Labute approximate surface area is 127 Å². The second kappa shape index (κ2) is 9.43. The summed E-state index contributed by atoms with van der Waals surface area (Å²) in [6.07, 6.45) is 7.90. The fraction of sp³-hybridized carbons (Fsp3) is 0.353. The normalized spacial score (nSPS) is 12.3. The number of nitrogens with one attached hydrogen (secondary N) is 1. The molecule has 0 radical (unpaired) electrons. The highest BCUT2D eigenvalue weighted by Crippen LogP contribution is 2.14. The van der Waals surface area contributed by atoms with Gasteiger partial charge in [-0.2, -0.15) is 0 Å². The number of rotatable bonds is 8. The molecule has 20 heavy (non-hydrogen) atoms. The summed E-state index contributed by atoms with van der Waals surface area (Å²) in [5, 5.41) is 3.43. The molecule has 0 amide bonds. The van der Waals surface area contributed by atoms with Crippen LogP contribution in [-0.4, -0.2) is 18.5 Å². The maximum atomic E-state index is 4.58. The Hall–Kier alpha value is -1.48. The van der Waals surface area contributed by atoms with Gasteiger partial charge in [-0.15, -0.1) is 0 Å². The smallest absolute Gasteiger partial charge is 0.102 e. The van der Waals surface area contributed by atoms with E-state index in [0.29, 0.717) is 0 Å². The van der Waals surface area contributed by atoms with Crippen LogP contribution in [0.4, 0.5) is 0 Å². The SMILES string of the molecule is C=C/C=C(\NCCC)C(=NSC)c1ccc(CC)cc1. The zero-order chi connectivity index (χ0) is 14.8. The Morgan fingerprint density at radius 3 is 2.50 bits per heavy atom. The molecule has 1 rings (SSSR count). The summed E-state index contributed by atoms with van der Waals surface area (Å²) in [6.45, 7) is 9.04. The van der Waals surface area contributed by atoms with E-state index in [2.05, 4.69) is 54.4 Å². The van der Waals surface area contributed by atoms with Crippen molar-refractivity contribution in [2.45, 2.75) is 26.7 Å². The molecule has 2 nitrogen and oxygen atoms in total. The zero-order valence-electron chi connectivity index (χ0n) is 12.6. The highest BCUT2D eigenvalue weighted by atomic mass is 32.2. The van der Waals surface area contributed by atoms with Crippen LogP contribution in [0.1, 0.15) is 31.4 Å². The van der Waals surface area contributed by atoms with Crippen LogP contribution in [0, 0.1) is 0 Å². The van der Waals surface area contributed by atoms with E-state index in [1.165, 1.54) is 17.5 Å². The molecule has 0 saturated heterocycles. The molecule has 1 N–H and O–H groups in total. The van der Waals surface area contributed by atoms with Crippen molar-refractivity contribution in [1.29, 1.82) is 0 Å². The van der Waals surface area contributed by atoms with Crippen molar-refractivity contribution < 1.29 is 0 Å². The van der Waals surface area contributed by atoms with Crippen molar-refractivity contribution in [2.75, 3.05) is 12.8 Å². The summed E-state index contributed by atoms with van der Waals surface area (Å²) >= 11 is 1.47. The third kappa shape index (κ3) is 4.89. The van der Waals surface area contributed by atoms with Crippen LogP contribution in [0.5, 0.6) is 0 Å². The van der Waals surface area contributed by atoms with Gasteiger partial charge in [-0.25, -0.2) is 4.40 Å². The fourth-order valence-electron chi connectivity index (χ4n) is 1.85. The highest BCUT2D eigenvalue weighted by molar-refractivity contribution is 7.97. The maximum Gasteiger partial charge on any atom is 0.102 e. The summed E-state index contributed by atoms with van der Waals surface area (Å²) in [6, 6.07) is 8.60. The van der Waals surface area contributed by atoms with E-state index in [1.807, 2.05) is 12.3 Å². The average Bonchev–Trinajstić information content (AvgIpc) is 2.49. The summed E-state index contributed by atoms with van der Waals surface area (Å²) in [4.78, 5) is 0. The molecular formula is C17H24N2S. The molecule has 1 aromatic rings. The second-order valence-corrected chi connectivity index (χ2v) is 4.96. The van der Waals surface area contributed by atoms with Crippen LogP contribution >= 0.6 is 11.9 Å². The van der Waals surface area contributed by atoms with Crippen molar-refractivity contribution >= 4 is 17.7 Å².